The molecule has 142 valence electrons. The van der Waals surface area contributed by atoms with Crippen molar-refractivity contribution in [3.8, 4) is 0 Å². The molecule has 1 aliphatic carbocycles. The number of carbonyl (C=O) groups is 1. The van der Waals surface area contributed by atoms with Crippen molar-refractivity contribution < 1.29 is 18.7 Å². The molecular weight excluding hydrogens is 350 g/mol. The van der Waals surface area contributed by atoms with Gasteiger partial charge >= 0.3 is 0 Å². The number of nitrogens with one attached hydrogen (secondary N) is 2. The van der Waals surface area contributed by atoms with Crippen molar-refractivity contribution in [3.05, 3.63) is 65.2 Å². The summed E-state index contributed by atoms with van der Waals surface area (Å²) in [5.74, 6) is -4.36. The summed E-state index contributed by atoms with van der Waals surface area (Å²) in [6, 6.07) is 13.9. The van der Waals surface area contributed by atoms with Crippen molar-refractivity contribution in [2.45, 2.75) is 43.9 Å². The number of fused-ring (bicyclic) bond motifs is 1. The molecule has 1 heterocycles. The smallest absolute Gasteiger partial charge is 0.261 e. The third kappa shape index (κ3) is 3.35. The molecule has 0 bridgehead atoms. The van der Waals surface area contributed by atoms with Crippen molar-refractivity contribution in [1.29, 1.82) is 0 Å². The number of anilines is 1. The Morgan fingerprint density at radius 2 is 1.89 bits per heavy atom. The Kier molecular flexibility index (Phi) is 4.48. The van der Waals surface area contributed by atoms with Gasteiger partial charge in [0.05, 0.1) is 0 Å². The second-order valence-electron chi connectivity index (χ2n) is 7.47. The average Bonchev–Trinajstić information content (AvgIpc) is 3.27. The minimum absolute atomic E-state index is 0.0971. The Bertz CT molecular complexity index is 857. The fraction of sp³-hybridized carbons (Fsp3) is 0.381. The molecule has 0 radical (unpaired) electrons. The van der Waals surface area contributed by atoms with E-state index in [2.05, 4.69) is 10.6 Å². The molecule has 1 amide bonds. The van der Waals surface area contributed by atoms with Crippen molar-refractivity contribution in [2.24, 2.45) is 5.92 Å². The lowest BCUT2D eigenvalue weighted by Gasteiger charge is -2.33. The minimum atomic E-state index is -2.85. The molecule has 2 atom stereocenters. The summed E-state index contributed by atoms with van der Waals surface area (Å²) in [7, 11) is 0. The van der Waals surface area contributed by atoms with Crippen LogP contribution in [0.15, 0.2) is 48.5 Å². The molecular formula is C21H22F2N2O2. The van der Waals surface area contributed by atoms with Crippen LogP contribution in [0.3, 0.4) is 0 Å². The first-order valence-corrected chi connectivity index (χ1v) is 9.18. The standard InChI is InChI=1S/C21H22F2N2O2/c22-20(23)9-8-17(11-20)21(27,16-4-2-1-3-5-16)19(26)25-18-7-6-14-12-24-13-15(14)10-18/h1-7,10,17,24,27H,8-9,11-13H2,(H,25,26)/t17-,21+/m1/s1. The van der Waals surface area contributed by atoms with E-state index in [1.807, 2.05) is 12.1 Å². The number of aliphatic hydroxyl groups is 1. The summed E-state index contributed by atoms with van der Waals surface area (Å²) in [6.07, 6.45) is -0.718. The van der Waals surface area contributed by atoms with E-state index in [0.717, 1.165) is 18.7 Å². The van der Waals surface area contributed by atoms with Crippen LogP contribution in [0.25, 0.3) is 0 Å². The fourth-order valence-corrected chi connectivity index (χ4v) is 4.15. The molecule has 4 rings (SSSR count). The number of halogens is 2. The predicted octanol–water partition coefficient (Wildman–Crippen LogP) is 3.55. The van der Waals surface area contributed by atoms with Crippen LogP contribution in [0.4, 0.5) is 14.5 Å². The third-order valence-electron chi connectivity index (χ3n) is 5.65. The van der Waals surface area contributed by atoms with Gasteiger partial charge in [-0.25, -0.2) is 8.78 Å². The van der Waals surface area contributed by atoms with Crippen molar-refractivity contribution in [1.82, 2.24) is 5.32 Å². The van der Waals surface area contributed by atoms with Gasteiger partial charge in [0, 0.05) is 37.5 Å². The summed E-state index contributed by atoms with van der Waals surface area (Å²) in [4.78, 5) is 13.1. The third-order valence-corrected chi connectivity index (χ3v) is 5.65. The average molecular weight is 372 g/mol. The van der Waals surface area contributed by atoms with Gasteiger partial charge in [-0.2, -0.15) is 0 Å². The van der Waals surface area contributed by atoms with E-state index in [1.165, 1.54) is 5.56 Å². The highest BCUT2D eigenvalue weighted by molar-refractivity contribution is 5.98. The van der Waals surface area contributed by atoms with Crippen LogP contribution in [0.5, 0.6) is 0 Å². The number of benzene rings is 2. The Morgan fingerprint density at radius 3 is 2.59 bits per heavy atom. The molecule has 2 aromatic rings. The highest BCUT2D eigenvalue weighted by Gasteiger charge is 2.53. The Labute approximate surface area is 156 Å². The van der Waals surface area contributed by atoms with Gasteiger partial charge in [0.1, 0.15) is 0 Å². The second-order valence-corrected chi connectivity index (χ2v) is 7.47. The van der Waals surface area contributed by atoms with Gasteiger partial charge in [0.15, 0.2) is 5.60 Å². The van der Waals surface area contributed by atoms with Crippen LogP contribution in [-0.2, 0) is 23.5 Å². The normalized spacial score (nSPS) is 22.9. The maximum Gasteiger partial charge on any atom is 0.261 e. The quantitative estimate of drug-likeness (QED) is 0.769. The highest BCUT2D eigenvalue weighted by atomic mass is 19.3. The van der Waals surface area contributed by atoms with Gasteiger partial charge in [0.2, 0.25) is 5.92 Å². The molecule has 1 fully saturated rings. The van der Waals surface area contributed by atoms with Gasteiger partial charge in [-0.1, -0.05) is 36.4 Å². The topological polar surface area (TPSA) is 61.4 Å². The first kappa shape index (κ1) is 18.1. The number of amides is 1. The lowest BCUT2D eigenvalue weighted by atomic mass is 9.79. The fourth-order valence-electron chi connectivity index (χ4n) is 4.15. The highest BCUT2D eigenvalue weighted by Crippen LogP contribution is 2.47. The van der Waals surface area contributed by atoms with Gasteiger partial charge in [-0.05, 0) is 35.2 Å². The molecule has 0 unspecified atom stereocenters. The molecule has 4 nitrogen and oxygen atoms in total. The van der Waals surface area contributed by atoms with Crippen molar-refractivity contribution in [3.63, 3.8) is 0 Å². The van der Waals surface area contributed by atoms with Crippen LogP contribution in [-0.4, -0.2) is 16.9 Å². The van der Waals surface area contributed by atoms with E-state index >= 15 is 0 Å². The maximum absolute atomic E-state index is 13.8. The number of hydrogen-bond acceptors (Lipinski definition) is 3. The van der Waals surface area contributed by atoms with E-state index in [9.17, 15) is 18.7 Å². The Morgan fingerprint density at radius 1 is 1.15 bits per heavy atom. The van der Waals surface area contributed by atoms with Crippen LogP contribution in [0.1, 0.15) is 36.0 Å². The summed E-state index contributed by atoms with van der Waals surface area (Å²) in [5.41, 5.74) is 1.15. The van der Waals surface area contributed by atoms with Crippen LogP contribution in [0, 0.1) is 5.92 Å². The lowest BCUT2D eigenvalue weighted by Crippen LogP contribution is -2.46. The lowest BCUT2D eigenvalue weighted by molar-refractivity contribution is -0.142. The van der Waals surface area contributed by atoms with Crippen LogP contribution >= 0.6 is 0 Å². The summed E-state index contributed by atoms with van der Waals surface area (Å²) < 4.78 is 27.7. The molecule has 0 saturated heterocycles. The van der Waals surface area contributed by atoms with E-state index in [0.29, 0.717) is 11.3 Å². The molecule has 27 heavy (non-hydrogen) atoms. The summed E-state index contributed by atoms with van der Waals surface area (Å²) in [6.45, 7) is 1.51. The molecule has 2 aromatic carbocycles. The minimum Gasteiger partial charge on any atom is -0.375 e. The van der Waals surface area contributed by atoms with Gasteiger partial charge in [0.25, 0.3) is 5.91 Å². The van der Waals surface area contributed by atoms with Crippen LogP contribution in [0.2, 0.25) is 0 Å². The number of alkyl halides is 2. The first-order chi connectivity index (χ1) is 12.9. The van der Waals surface area contributed by atoms with E-state index in [4.69, 9.17) is 0 Å². The zero-order chi connectivity index (χ0) is 19.1. The summed E-state index contributed by atoms with van der Waals surface area (Å²) >= 11 is 0. The van der Waals surface area contributed by atoms with Crippen molar-refractivity contribution >= 4 is 11.6 Å². The molecule has 3 N–H and O–H groups in total. The largest absolute Gasteiger partial charge is 0.375 e. The molecule has 6 heteroatoms. The monoisotopic (exact) mass is 372 g/mol. The van der Waals surface area contributed by atoms with E-state index in [1.54, 1.807) is 36.4 Å². The SMILES string of the molecule is O=C(Nc1ccc2c(c1)CNC2)[C@](O)(c1ccccc1)[C@@H]1CCC(F)(F)C1. The number of carbonyl (C=O) groups excluding carboxylic acids is 1. The molecule has 2 aliphatic rings. The van der Waals surface area contributed by atoms with Crippen LogP contribution < -0.4 is 10.6 Å². The molecule has 1 saturated carbocycles. The van der Waals surface area contributed by atoms with E-state index < -0.39 is 29.8 Å². The predicted molar refractivity (Wildman–Crippen MR) is 98.2 cm³/mol. The van der Waals surface area contributed by atoms with E-state index in [-0.39, 0.29) is 12.8 Å². The first-order valence-electron chi connectivity index (χ1n) is 9.18. The zero-order valence-electron chi connectivity index (χ0n) is 14.8. The number of hydrogen-bond donors (Lipinski definition) is 3. The zero-order valence-corrected chi connectivity index (χ0v) is 14.8. The molecule has 1 aliphatic heterocycles. The Hall–Kier alpha value is -2.31. The van der Waals surface area contributed by atoms with Crippen molar-refractivity contribution in [2.75, 3.05) is 5.32 Å². The van der Waals surface area contributed by atoms with Gasteiger partial charge in [-0.3, -0.25) is 4.79 Å². The number of rotatable bonds is 4. The van der Waals surface area contributed by atoms with Gasteiger partial charge < -0.3 is 15.7 Å². The molecule has 0 aromatic heterocycles. The Balaban J connectivity index is 1.65. The maximum atomic E-state index is 13.8. The summed E-state index contributed by atoms with van der Waals surface area (Å²) in [5, 5.41) is 17.4. The molecule has 0 spiro atoms. The van der Waals surface area contributed by atoms with Gasteiger partial charge in [-0.15, -0.1) is 0 Å². The second kappa shape index (κ2) is 6.69.